The van der Waals surface area contributed by atoms with Crippen molar-refractivity contribution in [3.63, 3.8) is 0 Å². The first-order valence-electron chi connectivity index (χ1n) is 8.47. The van der Waals surface area contributed by atoms with E-state index in [0.717, 1.165) is 37.1 Å². The fourth-order valence-corrected chi connectivity index (χ4v) is 3.30. The molecule has 126 valence electrons. The lowest BCUT2D eigenvalue weighted by molar-refractivity contribution is -0.148. The predicted octanol–water partition coefficient (Wildman–Crippen LogP) is 0.0427. The van der Waals surface area contributed by atoms with E-state index >= 15 is 0 Å². The number of carbonyl (C=O) groups is 4. The summed E-state index contributed by atoms with van der Waals surface area (Å²) < 4.78 is 0. The Hall–Kier alpha value is -1.76. The third-order valence-electron chi connectivity index (χ3n) is 4.77. The summed E-state index contributed by atoms with van der Waals surface area (Å²) in [6.07, 6.45) is 3.97. The van der Waals surface area contributed by atoms with E-state index in [1.165, 1.54) is 4.90 Å². The quantitative estimate of drug-likeness (QED) is 0.723. The van der Waals surface area contributed by atoms with Crippen molar-refractivity contribution in [1.82, 2.24) is 15.1 Å². The first-order valence-corrected chi connectivity index (χ1v) is 8.47. The van der Waals surface area contributed by atoms with Gasteiger partial charge in [-0.15, -0.1) is 0 Å². The van der Waals surface area contributed by atoms with Gasteiger partial charge in [-0.25, -0.2) is 0 Å². The smallest absolute Gasteiger partial charge is 0.233 e. The Labute approximate surface area is 135 Å². The zero-order valence-electron chi connectivity index (χ0n) is 13.3. The standard InChI is InChI=1S/C16H23N3O4/c20-13-5-6-14(21)18(13)9-7-15(22)19(12-3-4-12)16(23)11-2-1-8-17-10-11/h11-12,17H,1-10H2. The van der Waals surface area contributed by atoms with Crippen molar-refractivity contribution >= 4 is 23.6 Å². The number of likely N-dealkylation sites (tertiary alicyclic amines) is 1. The minimum Gasteiger partial charge on any atom is -0.316 e. The molecule has 1 N–H and O–H groups in total. The van der Waals surface area contributed by atoms with E-state index < -0.39 is 0 Å². The Kier molecular flexibility index (Phi) is 4.75. The van der Waals surface area contributed by atoms with Gasteiger partial charge in [0, 0.05) is 38.4 Å². The van der Waals surface area contributed by atoms with Crippen molar-refractivity contribution in [2.75, 3.05) is 19.6 Å². The van der Waals surface area contributed by atoms with Crippen LogP contribution in [0, 0.1) is 5.92 Å². The van der Waals surface area contributed by atoms with Crippen molar-refractivity contribution in [3.8, 4) is 0 Å². The molecular formula is C16H23N3O4. The summed E-state index contributed by atoms with van der Waals surface area (Å²) >= 11 is 0. The lowest BCUT2D eigenvalue weighted by Gasteiger charge is -2.29. The first kappa shape index (κ1) is 16.1. The van der Waals surface area contributed by atoms with Crippen LogP contribution in [0.25, 0.3) is 0 Å². The molecule has 7 heteroatoms. The summed E-state index contributed by atoms with van der Waals surface area (Å²) in [6, 6.07) is 0.0157. The molecule has 3 aliphatic rings. The van der Waals surface area contributed by atoms with Crippen molar-refractivity contribution in [2.45, 2.75) is 51.0 Å². The van der Waals surface area contributed by atoms with Crippen LogP contribution in [0.2, 0.25) is 0 Å². The van der Waals surface area contributed by atoms with E-state index in [9.17, 15) is 19.2 Å². The van der Waals surface area contributed by atoms with E-state index in [1.807, 2.05) is 0 Å². The number of hydrogen-bond acceptors (Lipinski definition) is 5. The second-order valence-corrected chi connectivity index (χ2v) is 6.57. The Balaban J connectivity index is 1.59. The normalized spacial score (nSPS) is 24.9. The SMILES string of the molecule is O=C1CCC(=O)N1CCC(=O)N(C(=O)C1CCCNC1)C1CC1. The lowest BCUT2D eigenvalue weighted by atomic mass is 9.98. The summed E-state index contributed by atoms with van der Waals surface area (Å²) in [4.78, 5) is 50.9. The van der Waals surface area contributed by atoms with Crippen LogP contribution in [0.1, 0.15) is 44.9 Å². The highest BCUT2D eigenvalue weighted by Gasteiger charge is 2.40. The second kappa shape index (κ2) is 6.78. The van der Waals surface area contributed by atoms with Gasteiger partial charge in [0.2, 0.25) is 23.6 Å². The van der Waals surface area contributed by atoms with Gasteiger partial charge in [0.25, 0.3) is 0 Å². The van der Waals surface area contributed by atoms with Gasteiger partial charge >= 0.3 is 0 Å². The minimum atomic E-state index is -0.254. The van der Waals surface area contributed by atoms with Gasteiger partial charge in [0.15, 0.2) is 0 Å². The molecule has 7 nitrogen and oxygen atoms in total. The number of rotatable bonds is 5. The molecule has 1 saturated carbocycles. The molecule has 23 heavy (non-hydrogen) atoms. The molecule has 0 aromatic heterocycles. The van der Waals surface area contributed by atoms with Crippen LogP contribution < -0.4 is 5.32 Å². The van der Waals surface area contributed by atoms with Crippen LogP contribution in [0.4, 0.5) is 0 Å². The van der Waals surface area contributed by atoms with Crippen LogP contribution in [-0.2, 0) is 19.2 Å². The fraction of sp³-hybridized carbons (Fsp3) is 0.750. The summed E-state index contributed by atoms with van der Waals surface area (Å²) in [5.41, 5.74) is 0. The van der Waals surface area contributed by atoms with Crippen molar-refractivity contribution < 1.29 is 19.2 Å². The Morgan fingerprint density at radius 1 is 1.13 bits per heavy atom. The largest absolute Gasteiger partial charge is 0.316 e. The van der Waals surface area contributed by atoms with Gasteiger partial charge in [-0.2, -0.15) is 0 Å². The Bertz CT molecular complexity index is 507. The average Bonchev–Trinajstić information content (AvgIpc) is 3.33. The molecule has 3 rings (SSSR count). The number of amides is 4. The van der Waals surface area contributed by atoms with Crippen molar-refractivity contribution in [1.29, 1.82) is 0 Å². The second-order valence-electron chi connectivity index (χ2n) is 6.57. The van der Waals surface area contributed by atoms with Gasteiger partial charge < -0.3 is 5.32 Å². The molecule has 0 bridgehead atoms. The number of hydrogen-bond donors (Lipinski definition) is 1. The molecule has 1 aliphatic carbocycles. The topological polar surface area (TPSA) is 86.8 Å². The number of carbonyl (C=O) groups excluding carboxylic acids is 4. The van der Waals surface area contributed by atoms with Crippen LogP contribution in [0.5, 0.6) is 0 Å². The summed E-state index contributed by atoms with van der Waals surface area (Å²) in [6.45, 7) is 1.63. The third-order valence-corrected chi connectivity index (χ3v) is 4.77. The van der Waals surface area contributed by atoms with E-state index in [4.69, 9.17) is 0 Å². The fourth-order valence-electron chi connectivity index (χ4n) is 3.30. The van der Waals surface area contributed by atoms with Crippen molar-refractivity contribution in [3.05, 3.63) is 0 Å². The molecule has 1 unspecified atom stereocenters. The summed E-state index contributed by atoms with van der Waals surface area (Å²) in [7, 11) is 0. The molecule has 0 spiro atoms. The summed E-state index contributed by atoms with van der Waals surface area (Å²) in [5.74, 6) is -0.921. The van der Waals surface area contributed by atoms with E-state index in [0.29, 0.717) is 6.54 Å². The van der Waals surface area contributed by atoms with E-state index in [2.05, 4.69) is 5.32 Å². The molecule has 1 atom stereocenters. The molecular weight excluding hydrogens is 298 g/mol. The molecule has 4 amide bonds. The van der Waals surface area contributed by atoms with Crippen LogP contribution in [-0.4, -0.2) is 59.1 Å². The maximum atomic E-state index is 12.7. The monoisotopic (exact) mass is 321 g/mol. The van der Waals surface area contributed by atoms with Gasteiger partial charge in [-0.1, -0.05) is 0 Å². The third kappa shape index (κ3) is 3.60. The number of nitrogens with zero attached hydrogens (tertiary/aromatic N) is 2. The maximum absolute atomic E-state index is 12.7. The van der Waals surface area contributed by atoms with Gasteiger partial charge in [-0.3, -0.25) is 29.0 Å². The van der Waals surface area contributed by atoms with Gasteiger partial charge in [0.05, 0.1) is 5.92 Å². The van der Waals surface area contributed by atoms with Crippen LogP contribution >= 0.6 is 0 Å². The van der Waals surface area contributed by atoms with E-state index in [1.54, 1.807) is 0 Å². The molecule has 3 fully saturated rings. The summed E-state index contributed by atoms with van der Waals surface area (Å²) in [5, 5.41) is 3.20. The number of piperidine rings is 1. The van der Waals surface area contributed by atoms with Crippen LogP contribution in [0.15, 0.2) is 0 Å². The molecule has 2 saturated heterocycles. The molecule has 0 aromatic carbocycles. The Morgan fingerprint density at radius 2 is 1.83 bits per heavy atom. The first-order chi connectivity index (χ1) is 11.1. The highest BCUT2D eigenvalue weighted by atomic mass is 16.2. The van der Waals surface area contributed by atoms with Gasteiger partial charge in [-0.05, 0) is 32.2 Å². The van der Waals surface area contributed by atoms with Crippen molar-refractivity contribution in [2.24, 2.45) is 5.92 Å². The van der Waals surface area contributed by atoms with Crippen LogP contribution in [0.3, 0.4) is 0 Å². The lowest BCUT2D eigenvalue weighted by Crippen LogP contribution is -2.47. The molecule has 2 heterocycles. The zero-order valence-corrected chi connectivity index (χ0v) is 13.3. The molecule has 0 radical (unpaired) electrons. The highest BCUT2D eigenvalue weighted by molar-refractivity contribution is 6.02. The maximum Gasteiger partial charge on any atom is 0.233 e. The zero-order chi connectivity index (χ0) is 16.4. The number of imide groups is 2. The highest BCUT2D eigenvalue weighted by Crippen LogP contribution is 2.30. The van der Waals surface area contributed by atoms with E-state index in [-0.39, 0.29) is 61.4 Å². The molecule has 2 aliphatic heterocycles. The average molecular weight is 321 g/mol. The molecule has 0 aromatic rings. The number of nitrogens with one attached hydrogen (secondary N) is 1. The Morgan fingerprint density at radius 3 is 2.39 bits per heavy atom. The van der Waals surface area contributed by atoms with Gasteiger partial charge in [0.1, 0.15) is 0 Å². The minimum absolute atomic E-state index is 0.0157. The predicted molar refractivity (Wildman–Crippen MR) is 81.0 cm³/mol.